The Balaban J connectivity index is 2.00. The minimum atomic E-state index is -0.759. The van der Waals surface area contributed by atoms with Crippen molar-refractivity contribution in [1.82, 2.24) is 4.57 Å². The Morgan fingerprint density at radius 1 is 1.08 bits per heavy atom. The highest BCUT2D eigenvalue weighted by molar-refractivity contribution is 7.07. The zero-order chi connectivity index (χ0) is 26.9. The summed E-state index contributed by atoms with van der Waals surface area (Å²) < 4.78 is 7.44. The van der Waals surface area contributed by atoms with E-state index in [9.17, 15) is 14.9 Å². The quantitative estimate of drug-likeness (QED) is 0.501. The molecule has 2 N–H and O–H groups in total. The molecule has 37 heavy (non-hydrogen) atoms. The van der Waals surface area contributed by atoms with Crippen molar-refractivity contribution in [2.45, 2.75) is 12.8 Å². The third-order valence-electron chi connectivity index (χ3n) is 6.21. The molecule has 2 heterocycles. The molecule has 3 aromatic rings. The van der Waals surface area contributed by atoms with Gasteiger partial charge in [0.2, 0.25) is 0 Å². The number of benzene rings is 2. The summed E-state index contributed by atoms with van der Waals surface area (Å²) in [4.78, 5) is 30.7. The summed E-state index contributed by atoms with van der Waals surface area (Å²) in [6.45, 7) is 1.87. The first kappa shape index (κ1) is 25.8. The van der Waals surface area contributed by atoms with Crippen LogP contribution in [0.1, 0.15) is 24.0 Å². The van der Waals surface area contributed by atoms with Crippen LogP contribution in [0.3, 0.4) is 0 Å². The van der Waals surface area contributed by atoms with Gasteiger partial charge in [-0.25, -0.2) is 4.79 Å². The van der Waals surface area contributed by atoms with Gasteiger partial charge < -0.3 is 20.3 Å². The van der Waals surface area contributed by atoms with E-state index in [2.05, 4.69) is 6.07 Å². The van der Waals surface area contributed by atoms with Crippen LogP contribution in [0.4, 0.5) is 11.4 Å². The second-order valence-electron chi connectivity index (χ2n) is 9.01. The predicted octanol–water partition coefficient (Wildman–Crippen LogP) is 2.03. The van der Waals surface area contributed by atoms with Crippen LogP contribution in [0.2, 0.25) is 0 Å². The van der Waals surface area contributed by atoms with E-state index in [1.54, 1.807) is 13.0 Å². The maximum absolute atomic E-state index is 13.5. The largest absolute Gasteiger partial charge is 0.463 e. The van der Waals surface area contributed by atoms with Gasteiger partial charge in [0.05, 0.1) is 34.3 Å². The van der Waals surface area contributed by atoms with E-state index in [0.29, 0.717) is 14.8 Å². The Bertz CT molecular complexity index is 1590. The van der Waals surface area contributed by atoms with Crippen LogP contribution < -0.4 is 30.3 Å². The van der Waals surface area contributed by atoms with Gasteiger partial charge in [-0.2, -0.15) is 5.26 Å². The summed E-state index contributed by atoms with van der Waals surface area (Å²) >= 11 is 1.17. The summed E-state index contributed by atoms with van der Waals surface area (Å²) in [6, 6.07) is 17.5. The molecule has 8 nitrogen and oxygen atoms in total. The van der Waals surface area contributed by atoms with Crippen molar-refractivity contribution in [3.05, 3.63) is 84.8 Å². The van der Waals surface area contributed by atoms with E-state index in [-0.39, 0.29) is 29.1 Å². The van der Waals surface area contributed by atoms with Crippen LogP contribution >= 0.6 is 11.3 Å². The number of carbonyl (C=O) groups is 1. The standard InChI is InChI=1S/C28H29N5O3S/c1-6-36-28(35)24-23(18-9-13-20(14-10-18)32(4)5)21(16-29)25(30)33-26(34)22(37-27(24)33)15-17-7-11-19(12-8-17)31(2)3/h7-15,23H,6,30H2,1-5H3. The number of carbonyl (C=O) groups excluding carboxylic acids is 1. The van der Waals surface area contributed by atoms with Crippen LogP contribution in [-0.4, -0.2) is 45.3 Å². The Morgan fingerprint density at radius 3 is 2.16 bits per heavy atom. The Labute approximate surface area is 219 Å². The van der Waals surface area contributed by atoms with Crippen molar-refractivity contribution in [2.75, 3.05) is 44.6 Å². The molecule has 1 aliphatic heterocycles. The number of ether oxygens (including phenoxy) is 1. The van der Waals surface area contributed by atoms with Crippen molar-refractivity contribution in [3.8, 4) is 6.07 Å². The Hall–Kier alpha value is -4.29. The molecule has 4 rings (SSSR count). The van der Waals surface area contributed by atoms with Crippen LogP contribution in [0.5, 0.6) is 0 Å². The maximum atomic E-state index is 13.5. The minimum absolute atomic E-state index is 0.0242. The minimum Gasteiger partial charge on any atom is -0.463 e. The summed E-state index contributed by atoms with van der Waals surface area (Å²) in [6.07, 6.45) is 1.76. The van der Waals surface area contributed by atoms with Gasteiger partial charge in [-0.05, 0) is 48.4 Å². The number of allylic oxidation sites excluding steroid dienone is 1. The Kier molecular flexibility index (Phi) is 7.23. The van der Waals surface area contributed by atoms with Gasteiger partial charge in [-0.3, -0.25) is 9.36 Å². The van der Waals surface area contributed by atoms with E-state index < -0.39 is 11.9 Å². The number of aromatic nitrogens is 1. The summed E-state index contributed by atoms with van der Waals surface area (Å²) in [5.74, 6) is -1.32. The summed E-state index contributed by atoms with van der Waals surface area (Å²) in [7, 11) is 7.77. The molecule has 0 fully saturated rings. The number of anilines is 2. The predicted molar refractivity (Wildman–Crippen MR) is 149 cm³/mol. The Morgan fingerprint density at radius 2 is 1.65 bits per heavy atom. The summed E-state index contributed by atoms with van der Waals surface area (Å²) in [5.41, 5.74) is 9.97. The lowest BCUT2D eigenvalue weighted by Gasteiger charge is -2.25. The first-order valence-corrected chi connectivity index (χ1v) is 12.6. The van der Waals surface area contributed by atoms with Crippen molar-refractivity contribution in [2.24, 2.45) is 5.73 Å². The molecule has 1 atom stereocenters. The third kappa shape index (κ3) is 4.76. The molecule has 0 radical (unpaired) electrons. The second kappa shape index (κ2) is 10.4. The van der Waals surface area contributed by atoms with Gasteiger partial charge in [0.25, 0.3) is 5.56 Å². The fraction of sp³-hybridized carbons (Fsp3) is 0.250. The normalized spacial score (nSPS) is 15.3. The molecular formula is C28H29N5O3S. The first-order valence-electron chi connectivity index (χ1n) is 11.8. The fourth-order valence-corrected chi connectivity index (χ4v) is 5.44. The van der Waals surface area contributed by atoms with Crippen LogP contribution in [-0.2, 0) is 9.53 Å². The van der Waals surface area contributed by atoms with E-state index in [1.807, 2.05) is 86.5 Å². The van der Waals surface area contributed by atoms with Crippen LogP contribution in [0.15, 0.2) is 58.9 Å². The number of thiazole rings is 1. The molecule has 190 valence electrons. The average Bonchev–Trinajstić information content (AvgIpc) is 3.20. The number of fused-ring (bicyclic) bond motifs is 1. The van der Waals surface area contributed by atoms with Crippen molar-refractivity contribution in [1.29, 1.82) is 5.26 Å². The molecular weight excluding hydrogens is 486 g/mol. The van der Waals surface area contributed by atoms with Gasteiger partial charge in [-0.15, -0.1) is 11.3 Å². The lowest BCUT2D eigenvalue weighted by atomic mass is 9.84. The van der Waals surface area contributed by atoms with Gasteiger partial charge in [0, 0.05) is 39.6 Å². The van der Waals surface area contributed by atoms with E-state index >= 15 is 0 Å². The molecule has 0 aliphatic carbocycles. The molecule has 1 unspecified atom stereocenters. The van der Waals surface area contributed by atoms with Gasteiger partial charge in [0.1, 0.15) is 10.5 Å². The molecule has 1 aromatic heterocycles. The fourth-order valence-electron chi connectivity index (χ4n) is 4.27. The van der Waals surface area contributed by atoms with E-state index in [1.165, 1.54) is 15.9 Å². The molecule has 2 aromatic carbocycles. The number of hydrogen-bond donors (Lipinski definition) is 1. The smallest absolute Gasteiger partial charge is 0.338 e. The molecule has 0 bridgehead atoms. The number of rotatable bonds is 6. The number of hydrogen-bond acceptors (Lipinski definition) is 8. The number of nitrogens with zero attached hydrogens (tertiary/aromatic N) is 4. The molecule has 0 saturated carbocycles. The highest BCUT2D eigenvalue weighted by Gasteiger charge is 2.36. The van der Waals surface area contributed by atoms with Crippen LogP contribution in [0.25, 0.3) is 17.5 Å². The third-order valence-corrected chi connectivity index (χ3v) is 7.32. The van der Waals surface area contributed by atoms with Gasteiger partial charge >= 0.3 is 5.97 Å². The zero-order valence-electron chi connectivity index (χ0n) is 21.5. The van der Waals surface area contributed by atoms with Crippen molar-refractivity contribution < 1.29 is 9.53 Å². The first-order chi connectivity index (χ1) is 17.7. The number of nitrogens with two attached hydrogens (primary N) is 1. The molecule has 0 saturated heterocycles. The van der Waals surface area contributed by atoms with E-state index in [4.69, 9.17) is 10.5 Å². The zero-order valence-corrected chi connectivity index (χ0v) is 22.3. The van der Waals surface area contributed by atoms with E-state index in [0.717, 1.165) is 16.9 Å². The van der Waals surface area contributed by atoms with Gasteiger partial charge in [0.15, 0.2) is 0 Å². The molecule has 1 aliphatic rings. The number of esters is 1. The van der Waals surface area contributed by atoms with Gasteiger partial charge in [-0.1, -0.05) is 24.3 Å². The lowest BCUT2D eigenvalue weighted by Crippen LogP contribution is -2.40. The van der Waals surface area contributed by atoms with Crippen LogP contribution in [0, 0.1) is 11.3 Å². The monoisotopic (exact) mass is 515 g/mol. The maximum Gasteiger partial charge on any atom is 0.338 e. The topological polar surface area (TPSA) is 105 Å². The highest BCUT2D eigenvalue weighted by Crippen LogP contribution is 2.37. The van der Waals surface area contributed by atoms with Crippen molar-refractivity contribution in [3.63, 3.8) is 0 Å². The molecule has 0 spiro atoms. The second-order valence-corrected chi connectivity index (χ2v) is 10.0. The molecule has 9 heteroatoms. The SMILES string of the molecule is CCOC(=O)C1=c2sc(=Cc3ccc(N(C)C)cc3)c(=O)n2C(N)=C(C#N)C1c1ccc(N(C)C)cc1. The highest BCUT2D eigenvalue weighted by atomic mass is 32.1. The molecule has 0 amide bonds. The number of nitriles is 1. The average molecular weight is 516 g/mol. The van der Waals surface area contributed by atoms with Crippen molar-refractivity contribution >= 4 is 46.2 Å². The lowest BCUT2D eigenvalue weighted by molar-refractivity contribution is -0.136. The summed E-state index contributed by atoms with van der Waals surface area (Å²) in [5, 5.41) is 10.1.